The minimum atomic E-state index is -0.301. The zero-order valence-electron chi connectivity index (χ0n) is 12.4. The molecule has 2 aliphatic rings. The Labute approximate surface area is 125 Å². The minimum absolute atomic E-state index is 0.0187. The third-order valence-electron chi connectivity index (χ3n) is 4.72. The molecule has 21 heavy (non-hydrogen) atoms. The molecule has 0 aromatic heterocycles. The van der Waals surface area contributed by atoms with Crippen LogP contribution in [0.3, 0.4) is 0 Å². The highest BCUT2D eigenvalue weighted by atomic mass is 19.1. The van der Waals surface area contributed by atoms with Crippen molar-refractivity contribution in [3.8, 4) is 0 Å². The van der Waals surface area contributed by atoms with E-state index in [1.807, 2.05) is 4.90 Å². The van der Waals surface area contributed by atoms with Gasteiger partial charge in [0.05, 0.1) is 0 Å². The van der Waals surface area contributed by atoms with Crippen LogP contribution in [0.5, 0.6) is 0 Å². The maximum Gasteiger partial charge on any atom is 0.253 e. The highest BCUT2D eigenvalue weighted by Gasteiger charge is 2.25. The second-order valence-corrected chi connectivity index (χ2v) is 6.30. The second kappa shape index (κ2) is 6.56. The predicted molar refractivity (Wildman–Crippen MR) is 80.7 cm³/mol. The van der Waals surface area contributed by atoms with E-state index >= 15 is 0 Å². The van der Waals surface area contributed by atoms with Crippen LogP contribution in [0.25, 0.3) is 0 Å². The molecule has 1 atom stereocenters. The van der Waals surface area contributed by atoms with Gasteiger partial charge in [-0.15, -0.1) is 0 Å². The van der Waals surface area contributed by atoms with E-state index in [2.05, 4.69) is 5.32 Å². The second-order valence-electron chi connectivity index (χ2n) is 6.30. The molecule has 1 aromatic rings. The fourth-order valence-electron chi connectivity index (χ4n) is 3.13. The Balaban J connectivity index is 1.54. The number of benzene rings is 1. The number of carbonyl (C=O) groups is 1. The first-order valence-corrected chi connectivity index (χ1v) is 8.00. The third-order valence-corrected chi connectivity index (χ3v) is 4.72. The number of halogens is 1. The van der Waals surface area contributed by atoms with Gasteiger partial charge >= 0.3 is 0 Å². The molecule has 114 valence electrons. The highest BCUT2D eigenvalue weighted by Crippen LogP contribution is 2.25. The van der Waals surface area contributed by atoms with Crippen molar-refractivity contribution in [1.82, 2.24) is 10.2 Å². The van der Waals surface area contributed by atoms with Crippen molar-refractivity contribution in [3.63, 3.8) is 0 Å². The summed E-state index contributed by atoms with van der Waals surface area (Å²) in [5.74, 6) is 0.559. The first-order chi connectivity index (χ1) is 10.2. The quantitative estimate of drug-likeness (QED) is 0.925. The number of hydrogen-bond donors (Lipinski definition) is 1. The van der Waals surface area contributed by atoms with E-state index in [-0.39, 0.29) is 11.7 Å². The first kappa shape index (κ1) is 14.5. The molecule has 2 fully saturated rings. The van der Waals surface area contributed by atoms with Crippen molar-refractivity contribution >= 4 is 5.91 Å². The van der Waals surface area contributed by atoms with Gasteiger partial charge in [-0.3, -0.25) is 4.79 Å². The molecule has 0 bridgehead atoms. The maximum atomic E-state index is 12.9. The van der Waals surface area contributed by atoms with Crippen LogP contribution in [0.1, 0.15) is 42.5 Å². The lowest BCUT2D eigenvalue weighted by molar-refractivity contribution is 0.0691. The van der Waals surface area contributed by atoms with Crippen molar-refractivity contribution in [2.24, 2.45) is 5.92 Å². The zero-order valence-corrected chi connectivity index (χ0v) is 12.4. The Morgan fingerprint density at radius 2 is 1.95 bits per heavy atom. The summed E-state index contributed by atoms with van der Waals surface area (Å²) in [6.07, 6.45) is 6.23. The summed E-state index contributed by atoms with van der Waals surface area (Å²) in [5, 5.41) is 3.62. The molecule has 0 spiro atoms. The lowest BCUT2D eigenvalue weighted by Gasteiger charge is -2.35. The van der Waals surface area contributed by atoms with Crippen LogP contribution in [-0.2, 0) is 0 Å². The van der Waals surface area contributed by atoms with Crippen LogP contribution in [0, 0.1) is 11.7 Å². The molecule has 1 saturated heterocycles. The number of carbonyl (C=O) groups excluding carboxylic acids is 1. The molecule has 3 rings (SSSR count). The Morgan fingerprint density at radius 1 is 1.19 bits per heavy atom. The Morgan fingerprint density at radius 3 is 2.62 bits per heavy atom. The van der Waals surface area contributed by atoms with Gasteiger partial charge in [0.1, 0.15) is 5.82 Å². The van der Waals surface area contributed by atoms with E-state index in [9.17, 15) is 9.18 Å². The molecule has 1 aromatic carbocycles. The van der Waals surface area contributed by atoms with Gasteiger partial charge in [0.2, 0.25) is 0 Å². The van der Waals surface area contributed by atoms with E-state index in [0.29, 0.717) is 11.6 Å². The molecule has 1 unspecified atom stereocenters. The zero-order chi connectivity index (χ0) is 14.7. The van der Waals surface area contributed by atoms with Crippen LogP contribution in [-0.4, -0.2) is 36.5 Å². The molecule has 1 amide bonds. The van der Waals surface area contributed by atoms with Crippen LogP contribution < -0.4 is 5.32 Å². The van der Waals surface area contributed by atoms with E-state index in [0.717, 1.165) is 38.4 Å². The average molecular weight is 290 g/mol. The fraction of sp³-hybridized carbons (Fsp3) is 0.588. The van der Waals surface area contributed by atoms with E-state index < -0.39 is 0 Å². The van der Waals surface area contributed by atoms with Crippen LogP contribution in [0.2, 0.25) is 0 Å². The van der Waals surface area contributed by atoms with Crippen molar-refractivity contribution < 1.29 is 9.18 Å². The monoisotopic (exact) mass is 290 g/mol. The van der Waals surface area contributed by atoms with Crippen molar-refractivity contribution in [2.75, 3.05) is 19.6 Å². The predicted octanol–water partition coefficient (Wildman–Crippen LogP) is 2.82. The normalized spacial score (nSPS) is 22.9. The summed E-state index contributed by atoms with van der Waals surface area (Å²) < 4.78 is 12.9. The van der Waals surface area contributed by atoms with Crippen LogP contribution >= 0.6 is 0 Å². The SMILES string of the molecule is O=C(c1ccc(F)cc1)N1CCCC(NCC2CCC2)C1. The summed E-state index contributed by atoms with van der Waals surface area (Å²) in [6, 6.07) is 6.25. The largest absolute Gasteiger partial charge is 0.337 e. The van der Waals surface area contributed by atoms with Gasteiger partial charge in [-0.05, 0) is 62.4 Å². The molecule has 1 aliphatic carbocycles. The number of likely N-dealkylation sites (tertiary alicyclic amines) is 1. The highest BCUT2D eigenvalue weighted by molar-refractivity contribution is 5.94. The van der Waals surface area contributed by atoms with Gasteiger partial charge in [0.15, 0.2) is 0 Å². The number of nitrogens with zero attached hydrogens (tertiary/aromatic N) is 1. The van der Waals surface area contributed by atoms with E-state index in [1.165, 1.54) is 31.4 Å². The Kier molecular flexibility index (Phi) is 4.54. The fourth-order valence-corrected chi connectivity index (χ4v) is 3.13. The Bertz CT molecular complexity index is 484. The van der Waals surface area contributed by atoms with Gasteiger partial charge in [-0.2, -0.15) is 0 Å². The van der Waals surface area contributed by atoms with E-state index in [4.69, 9.17) is 0 Å². The molecule has 4 heteroatoms. The minimum Gasteiger partial charge on any atom is -0.337 e. The maximum absolute atomic E-state index is 12.9. The number of rotatable bonds is 4. The summed E-state index contributed by atoms with van der Waals surface area (Å²) in [5.41, 5.74) is 0.580. The van der Waals surface area contributed by atoms with Crippen molar-refractivity contribution in [3.05, 3.63) is 35.6 Å². The lowest BCUT2D eigenvalue weighted by Crippen LogP contribution is -2.49. The molecular weight excluding hydrogens is 267 g/mol. The molecule has 1 saturated carbocycles. The van der Waals surface area contributed by atoms with Crippen LogP contribution in [0.4, 0.5) is 4.39 Å². The van der Waals surface area contributed by atoms with Gasteiger partial charge in [0.25, 0.3) is 5.91 Å². The van der Waals surface area contributed by atoms with E-state index in [1.54, 1.807) is 12.1 Å². The average Bonchev–Trinajstić information content (AvgIpc) is 2.46. The molecule has 1 aliphatic heterocycles. The molecule has 1 N–H and O–H groups in total. The summed E-state index contributed by atoms with van der Waals surface area (Å²) >= 11 is 0. The van der Waals surface area contributed by atoms with Crippen LogP contribution in [0.15, 0.2) is 24.3 Å². The summed E-state index contributed by atoms with van der Waals surface area (Å²) in [6.45, 7) is 2.66. The standard InChI is InChI=1S/C17H23FN2O/c18-15-8-6-14(7-9-15)17(21)20-10-2-5-16(12-20)19-11-13-3-1-4-13/h6-9,13,16,19H,1-5,10-12H2. The van der Waals surface area contributed by atoms with Gasteiger partial charge in [-0.1, -0.05) is 6.42 Å². The molecule has 1 heterocycles. The van der Waals surface area contributed by atoms with Crippen molar-refractivity contribution in [1.29, 1.82) is 0 Å². The van der Waals surface area contributed by atoms with Crippen molar-refractivity contribution in [2.45, 2.75) is 38.1 Å². The third kappa shape index (κ3) is 3.62. The van der Waals surface area contributed by atoms with Gasteiger partial charge in [-0.25, -0.2) is 4.39 Å². The molecule has 3 nitrogen and oxygen atoms in total. The van der Waals surface area contributed by atoms with Gasteiger partial charge in [0, 0.05) is 24.7 Å². The summed E-state index contributed by atoms with van der Waals surface area (Å²) in [7, 11) is 0. The number of nitrogens with one attached hydrogen (secondary N) is 1. The number of piperidine rings is 1. The molecule has 0 radical (unpaired) electrons. The Hall–Kier alpha value is -1.42. The first-order valence-electron chi connectivity index (χ1n) is 8.00. The number of amides is 1. The number of hydrogen-bond acceptors (Lipinski definition) is 2. The lowest BCUT2D eigenvalue weighted by atomic mass is 9.85. The topological polar surface area (TPSA) is 32.3 Å². The molecular formula is C17H23FN2O. The van der Waals surface area contributed by atoms with Gasteiger partial charge < -0.3 is 10.2 Å². The summed E-state index contributed by atoms with van der Waals surface area (Å²) in [4.78, 5) is 14.3. The smallest absolute Gasteiger partial charge is 0.253 e.